The first-order chi connectivity index (χ1) is 24.1. The number of carbonyl (C=O) groups is 2. The number of nitrogens with one attached hydrogen (secondary N) is 4. The first kappa shape index (κ1) is 36.1. The number of hydrogen-bond acceptors (Lipinski definition) is 10. The van der Waals surface area contributed by atoms with E-state index in [9.17, 15) is 24.0 Å². The van der Waals surface area contributed by atoms with E-state index in [1.165, 1.54) is 31.8 Å². The summed E-state index contributed by atoms with van der Waals surface area (Å²) in [6, 6.07) is 12.5. The number of ether oxygens (including phenoxy) is 3. The van der Waals surface area contributed by atoms with Gasteiger partial charge in [0.05, 0.1) is 44.1 Å². The van der Waals surface area contributed by atoms with Crippen LogP contribution in [0.4, 0.5) is 5.69 Å². The molecule has 5 rings (SSSR count). The van der Waals surface area contributed by atoms with E-state index in [-0.39, 0.29) is 36.0 Å². The van der Waals surface area contributed by atoms with Crippen molar-refractivity contribution in [3.63, 3.8) is 0 Å². The monoisotopic (exact) mass is 703 g/mol. The quantitative estimate of drug-likeness (QED) is 0.152. The van der Waals surface area contributed by atoms with Crippen LogP contribution in [-0.2, 0) is 22.6 Å². The molecule has 0 saturated heterocycles. The van der Waals surface area contributed by atoms with Crippen LogP contribution in [-0.4, -0.2) is 67.3 Å². The van der Waals surface area contributed by atoms with Crippen LogP contribution in [0.15, 0.2) is 62.9 Å². The minimum atomic E-state index is -0.790. The lowest BCUT2D eigenvalue weighted by Gasteiger charge is -2.19. The number of aromatic amines is 1. The Labute approximate surface area is 292 Å². The number of thioether (sulfide) groups is 1. The van der Waals surface area contributed by atoms with Crippen molar-refractivity contribution in [2.75, 3.05) is 45.2 Å². The van der Waals surface area contributed by atoms with E-state index in [0.29, 0.717) is 70.0 Å². The summed E-state index contributed by atoms with van der Waals surface area (Å²) in [5.74, 6) is 1.35. The van der Waals surface area contributed by atoms with Crippen molar-refractivity contribution in [2.45, 2.75) is 44.8 Å². The number of fused-ring (bicyclic) bond motifs is 4. The number of H-pyrrole nitrogens is 1. The first-order valence-electron chi connectivity index (χ1n) is 16.1. The average molecular weight is 704 g/mol. The molecule has 0 bridgehead atoms. The number of para-hydroxylation sites is 2. The number of rotatable bonds is 13. The van der Waals surface area contributed by atoms with Gasteiger partial charge >= 0.3 is 11.1 Å². The number of anilines is 1. The number of hydrogen-bond donors (Lipinski definition) is 4. The van der Waals surface area contributed by atoms with Crippen LogP contribution in [0.3, 0.4) is 0 Å². The molecule has 264 valence electrons. The minimum Gasteiger partial charge on any atom is -0.493 e. The molecule has 2 amide bonds. The minimum absolute atomic E-state index is 0.0735. The van der Waals surface area contributed by atoms with Crippen LogP contribution in [0, 0.1) is 0 Å². The van der Waals surface area contributed by atoms with Gasteiger partial charge in [0, 0.05) is 25.6 Å². The molecule has 2 atom stereocenters. The number of aromatic nitrogens is 2. The molecule has 14 heteroatoms. The van der Waals surface area contributed by atoms with Crippen molar-refractivity contribution in [1.29, 1.82) is 0 Å². The molecular weight excluding hydrogens is 662 g/mol. The molecule has 3 aromatic carbocycles. The molecular formula is C36H41N5O8S. The number of benzene rings is 2. The third kappa shape index (κ3) is 7.49. The summed E-state index contributed by atoms with van der Waals surface area (Å²) in [4.78, 5) is 67.2. The molecule has 50 heavy (non-hydrogen) atoms. The Morgan fingerprint density at radius 3 is 2.48 bits per heavy atom. The molecule has 1 aliphatic carbocycles. The summed E-state index contributed by atoms with van der Waals surface area (Å²) in [6.45, 7) is 1.58. The maximum absolute atomic E-state index is 13.9. The first-order valence-corrected chi connectivity index (χ1v) is 17.5. The van der Waals surface area contributed by atoms with Crippen molar-refractivity contribution in [1.82, 2.24) is 20.2 Å². The van der Waals surface area contributed by atoms with Gasteiger partial charge in [-0.25, -0.2) is 0 Å². The Morgan fingerprint density at radius 2 is 1.78 bits per heavy atom. The van der Waals surface area contributed by atoms with E-state index in [1.807, 2.05) is 12.3 Å². The third-order valence-electron chi connectivity index (χ3n) is 8.69. The lowest BCUT2D eigenvalue weighted by Crippen LogP contribution is -2.43. The van der Waals surface area contributed by atoms with Crippen LogP contribution in [0.2, 0.25) is 0 Å². The van der Waals surface area contributed by atoms with Gasteiger partial charge in [-0.2, -0.15) is 11.8 Å². The predicted molar refractivity (Wildman–Crippen MR) is 195 cm³/mol. The van der Waals surface area contributed by atoms with E-state index in [4.69, 9.17) is 14.2 Å². The van der Waals surface area contributed by atoms with Crippen molar-refractivity contribution in [3.8, 4) is 28.4 Å². The van der Waals surface area contributed by atoms with Gasteiger partial charge in [-0.05, 0) is 78.3 Å². The summed E-state index contributed by atoms with van der Waals surface area (Å²) in [6.07, 6.45) is 3.40. The van der Waals surface area contributed by atoms with Gasteiger partial charge in [0.25, 0.3) is 0 Å². The van der Waals surface area contributed by atoms with Gasteiger partial charge in [0.15, 0.2) is 11.5 Å². The molecule has 0 unspecified atom stereocenters. The van der Waals surface area contributed by atoms with Gasteiger partial charge in [-0.15, -0.1) is 0 Å². The predicted octanol–water partition coefficient (Wildman–Crippen LogP) is 3.22. The average Bonchev–Trinajstić information content (AvgIpc) is 3.35. The molecule has 4 aromatic rings. The lowest BCUT2D eigenvalue weighted by molar-refractivity contribution is -0.122. The topological polar surface area (TPSA) is 170 Å². The molecule has 13 nitrogen and oxygen atoms in total. The molecule has 1 aliphatic rings. The highest BCUT2D eigenvalue weighted by Gasteiger charge is 2.30. The smallest absolute Gasteiger partial charge is 0.316 e. The van der Waals surface area contributed by atoms with Crippen LogP contribution >= 0.6 is 11.8 Å². The van der Waals surface area contributed by atoms with Crippen molar-refractivity contribution >= 4 is 40.3 Å². The molecule has 1 aromatic heterocycles. The molecule has 0 aliphatic heterocycles. The van der Waals surface area contributed by atoms with E-state index in [0.717, 1.165) is 5.56 Å². The maximum Gasteiger partial charge on any atom is 0.316 e. The standard InChI is InChI=1S/C36H41N5O8S/c1-20(42)38-24-12-10-21-18-30(47-2)32(48-3)33(49-4)31(21)22-11-13-26(29(43)19-23(22)24)39-27(14-17-50-5)34(44)37-15-16-41-28-9-7-6-8-25(28)40-35(45)36(41)46/h6-9,11,13,18-19,24,27H,10,12,14-17H2,1-5H3,(H,37,44)(H,38,42)(H,39,43)(H,40,45)/t24-,27-/m0/s1. The van der Waals surface area contributed by atoms with Gasteiger partial charge in [0.2, 0.25) is 23.0 Å². The van der Waals surface area contributed by atoms with Crippen LogP contribution < -0.4 is 46.7 Å². The molecule has 4 N–H and O–H groups in total. The fraction of sp³-hybridized carbons (Fsp3) is 0.361. The fourth-order valence-electron chi connectivity index (χ4n) is 6.38. The highest BCUT2D eigenvalue weighted by molar-refractivity contribution is 7.98. The van der Waals surface area contributed by atoms with Crippen LogP contribution in [0.5, 0.6) is 17.2 Å². The van der Waals surface area contributed by atoms with E-state index >= 15 is 0 Å². The van der Waals surface area contributed by atoms with Gasteiger partial charge < -0.3 is 39.7 Å². The maximum atomic E-state index is 13.9. The van der Waals surface area contributed by atoms with E-state index < -0.39 is 23.2 Å². The Balaban J connectivity index is 1.50. The highest BCUT2D eigenvalue weighted by atomic mass is 32.2. The van der Waals surface area contributed by atoms with Crippen molar-refractivity contribution in [2.24, 2.45) is 0 Å². The van der Waals surface area contributed by atoms with Gasteiger partial charge in [0.1, 0.15) is 6.04 Å². The Kier molecular flexibility index (Phi) is 11.5. The van der Waals surface area contributed by atoms with Gasteiger partial charge in [-0.3, -0.25) is 24.0 Å². The number of carbonyl (C=O) groups excluding carboxylic acids is 2. The zero-order valence-electron chi connectivity index (χ0n) is 28.6. The summed E-state index contributed by atoms with van der Waals surface area (Å²) < 4.78 is 18.5. The largest absolute Gasteiger partial charge is 0.493 e. The van der Waals surface area contributed by atoms with Crippen LogP contribution in [0.1, 0.15) is 36.9 Å². The number of amides is 2. The molecule has 0 fully saturated rings. The summed E-state index contributed by atoms with van der Waals surface area (Å²) in [5.41, 5.74) is 2.30. The number of aryl methyl sites for hydroxylation is 1. The highest BCUT2D eigenvalue weighted by Crippen LogP contribution is 2.50. The summed E-state index contributed by atoms with van der Waals surface area (Å²) in [7, 11) is 4.60. The Hall–Kier alpha value is -5.24. The van der Waals surface area contributed by atoms with Crippen molar-refractivity contribution < 1.29 is 23.8 Å². The van der Waals surface area contributed by atoms with E-state index in [2.05, 4.69) is 20.9 Å². The Morgan fingerprint density at radius 1 is 1.02 bits per heavy atom. The van der Waals surface area contributed by atoms with Crippen molar-refractivity contribution in [3.05, 3.63) is 90.6 Å². The normalized spacial score (nSPS) is 14.1. The van der Waals surface area contributed by atoms with Crippen LogP contribution in [0.25, 0.3) is 22.2 Å². The molecule has 0 spiro atoms. The summed E-state index contributed by atoms with van der Waals surface area (Å²) in [5, 5.41) is 9.03. The Bertz CT molecular complexity index is 2100. The molecule has 0 saturated carbocycles. The number of methoxy groups -OCH3 is 3. The lowest BCUT2D eigenvalue weighted by atomic mass is 9.95. The van der Waals surface area contributed by atoms with E-state index in [1.54, 1.807) is 55.3 Å². The third-order valence-corrected chi connectivity index (χ3v) is 9.33. The fourth-order valence-corrected chi connectivity index (χ4v) is 6.85. The van der Waals surface area contributed by atoms with Gasteiger partial charge in [-0.1, -0.05) is 18.2 Å². The zero-order chi connectivity index (χ0) is 35.9. The SMILES string of the molecule is COc1cc2c(c(OC)c1OC)-c1ccc(N[C@@H](CCSC)C(=O)NCCn3c(=O)c(=O)[nH]c4ccccc43)c(=O)cc1[C@@H](NC(C)=O)CC2. The summed E-state index contributed by atoms with van der Waals surface area (Å²) >= 11 is 1.56. The molecule has 1 heterocycles. The number of nitrogens with zero attached hydrogens (tertiary/aromatic N) is 1. The second-order valence-electron chi connectivity index (χ2n) is 11.8. The molecule has 0 radical (unpaired) electrons. The second-order valence-corrected chi connectivity index (χ2v) is 12.8. The second kappa shape index (κ2) is 16.0. The zero-order valence-corrected chi connectivity index (χ0v) is 29.5.